The highest BCUT2D eigenvalue weighted by molar-refractivity contribution is 7.71. The van der Waals surface area contributed by atoms with Crippen molar-refractivity contribution in [1.82, 2.24) is 19.2 Å². The first-order chi connectivity index (χ1) is 12.8. The summed E-state index contributed by atoms with van der Waals surface area (Å²) in [7, 11) is 0. The molecular formula is C20H22N4S2. The minimum atomic E-state index is 0.739. The molecule has 4 nitrogen and oxygen atoms in total. The van der Waals surface area contributed by atoms with Gasteiger partial charge in [0.05, 0.1) is 11.5 Å². The van der Waals surface area contributed by atoms with Crippen LogP contribution in [-0.4, -0.2) is 32.3 Å². The summed E-state index contributed by atoms with van der Waals surface area (Å²) in [6.45, 7) is 5.65. The van der Waals surface area contributed by atoms with Crippen molar-refractivity contribution >= 4 is 29.1 Å². The number of aromatic nitrogens is 3. The Kier molecular flexibility index (Phi) is 5.15. The standard InChI is InChI=1S/C20H22N4S2/c1-2-23-19(18-9-6-14-26-18)21-24(20(23)25)15-22-12-10-17(11-13-22)16-7-4-3-5-8-16/h3-10,14H,2,11-13,15H2,1H3. The quantitative estimate of drug-likeness (QED) is 0.587. The fourth-order valence-electron chi connectivity index (χ4n) is 3.35. The van der Waals surface area contributed by atoms with Gasteiger partial charge in [-0.3, -0.25) is 9.47 Å². The minimum Gasteiger partial charge on any atom is -0.300 e. The molecule has 0 bridgehead atoms. The van der Waals surface area contributed by atoms with Gasteiger partial charge in [0.25, 0.3) is 0 Å². The molecule has 0 spiro atoms. The Balaban J connectivity index is 1.52. The van der Waals surface area contributed by atoms with Crippen molar-refractivity contribution in [2.45, 2.75) is 26.6 Å². The normalized spacial score (nSPS) is 15.2. The summed E-state index contributed by atoms with van der Waals surface area (Å²) in [6, 6.07) is 14.8. The van der Waals surface area contributed by atoms with E-state index in [9.17, 15) is 0 Å². The van der Waals surface area contributed by atoms with E-state index in [1.807, 2.05) is 4.68 Å². The van der Waals surface area contributed by atoms with Crippen LogP contribution >= 0.6 is 23.6 Å². The Hall–Kier alpha value is -2.02. The maximum absolute atomic E-state index is 5.68. The van der Waals surface area contributed by atoms with Crippen LogP contribution in [-0.2, 0) is 13.2 Å². The lowest BCUT2D eigenvalue weighted by molar-refractivity contribution is 0.226. The lowest BCUT2D eigenvalue weighted by Gasteiger charge is -2.26. The van der Waals surface area contributed by atoms with Crippen molar-refractivity contribution in [3.05, 3.63) is 64.3 Å². The third-order valence-corrected chi connectivity index (χ3v) is 6.05. The Labute approximate surface area is 163 Å². The van der Waals surface area contributed by atoms with Gasteiger partial charge in [-0.15, -0.1) is 16.4 Å². The highest BCUT2D eigenvalue weighted by Gasteiger charge is 2.17. The van der Waals surface area contributed by atoms with E-state index in [2.05, 4.69) is 70.3 Å². The van der Waals surface area contributed by atoms with E-state index < -0.39 is 0 Å². The molecule has 3 aromatic rings. The largest absolute Gasteiger partial charge is 0.300 e. The molecule has 0 saturated carbocycles. The van der Waals surface area contributed by atoms with E-state index in [0.29, 0.717) is 0 Å². The molecule has 6 heteroatoms. The monoisotopic (exact) mass is 382 g/mol. The summed E-state index contributed by atoms with van der Waals surface area (Å²) in [5.41, 5.74) is 2.77. The predicted molar refractivity (Wildman–Crippen MR) is 111 cm³/mol. The van der Waals surface area contributed by atoms with Crippen LogP contribution < -0.4 is 0 Å². The molecule has 134 valence electrons. The van der Waals surface area contributed by atoms with Crippen molar-refractivity contribution in [2.75, 3.05) is 13.1 Å². The van der Waals surface area contributed by atoms with E-state index in [-0.39, 0.29) is 0 Å². The smallest absolute Gasteiger partial charge is 0.199 e. The Morgan fingerprint density at radius 1 is 1.15 bits per heavy atom. The Bertz CT molecular complexity index is 952. The fourth-order valence-corrected chi connectivity index (χ4v) is 4.38. The van der Waals surface area contributed by atoms with E-state index in [1.165, 1.54) is 16.0 Å². The van der Waals surface area contributed by atoms with Crippen LogP contribution in [0, 0.1) is 4.77 Å². The molecule has 0 atom stereocenters. The average molecular weight is 383 g/mol. The maximum Gasteiger partial charge on any atom is 0.199 e. The topological polar surface area (TPSA) is 26.0 Å². The third kappa shape index (κ3) is 3.45. The van der Waals surface area contributed by atoms with Gasteiger partial charge in [-0.05, 0) is 48.1 Å². The number of nitrogens with zero attached hydrogens (tertiary/aromatic N) is 4. The SMILES string of the molecule is CCn1c(-c2cccs2)nn(CN2CC=C(c3ccccc3)CC2)c1=S. The van der Waals surface area contributed by atoms with Crippen LogP contribution in [0.4, 0.5) is 0 Å². The highest BCUT2D eigenvalue weighted by atomic mass is 32.1. The van der Waals surface area contributed by atoms with Crippen molar-refractivity contribution in [3.8, 4) is 10.7 Å². The average Bonchev–Trinajstić information content (AvgIpc) is 3.32. The first-order valence-electron chi connectivity index (χ1n) is 8.94. The molecule has 1 aliphatic heterocycles. The number of benzene rings is 1. The second-order valence-electron chi connectivity index (χ2n) is 6.39. The number of hydrogen-bond acceptors (Lipinski definition) is 4. The molecule has 0 saturated heterocycles. The molecule has 0 unspecified atom stereocenters. The van der Waals surface area contributed by atoms with Crippen molar-refractivity contribution in [1.29, 1.82) is 0 Å². The molecular weight excluding hydrogens is 360 g/mol. The molecule has 3 heterocycles. The van der Waals surface area contributed by atoms with Gasteiger partial charge in [0.1, 0.15) is 0 Å². The highest BCUT2D eigenvalue weighted by Crippen LogP contribution is 2.25. The van der Waals surface area contributed by atoms with Crippen LogP contribution in [0.2, 0.25) is 0 Å². The maximum atomic E-state index is 5.68. The van der Waals surface area contributed by atoms with Gasteiger partial charge in [-0.25, -0.2) is 4.68 Å². The molecule has 0 radical (unpaired) electrons. The molecule has 2 aromatic heterocycles. The van der Waals surface area contributed by atoms with Crippen LogP contribution in [0.25, 0.3) is 16.3 Å². The number of hydrogen-bond donors (Lipinski definition) is 0. The first kappa shape index (κ1) is 17.4. The van der Waals surface area contributed by atoms with E-state index >= 15 is 0 Å². The molecule has 26 heavy (non-hydrogen) atoms. The van der Waals surface area contributed by atoms with Gasteiger partial charge in [0, 0.05) is 19.6 Å². The van der Waals surface area contributed by atoms with Crippen LogP contribution in [0.15, 0.2) is 53.9 Å². The lowest BCUT2D eigenvalue weighted by Crippen LogP contribution is -2.31. The first-order valence-corrected chi connectivity index (χ1v) is 10.2. The lowest BCUT2D eigenvalue weighted by atomic mass is 10.00. The molecule has 0 N–H and O–H groups in total. The Morgan fingerprint density at radius 3 is 2.65 bits per heavy atom. The summed E-state index contributed by atoms with van der Waals surface area (Å²) in [5, 5.41) is 6.90. The zero-order valence-corrected chi connectivity index (χ0v) is 16.5. The molecule has 1 aromatic carbocycles. The Morgan fingerprint density at radius 2 is 2.00 bits per heavy atom. The molecule has 1 aliphatic rings. The van der Waals surface area contributed by atoms with E-state index in [1.54, 1.807) is 11.3 Å². The van der Waals surface area contributed by atoms with E-state index in [0.717, 1.165) is 43.3 Å². The van der Waals surface area contributed by atoms with Gasteiger partial charge in [-0.1, -0.05) is 42.5 Å². The zero-order valence-electron chi connectivity index (χ0n) is 14.8. The third-order valence-electron chi connectivity index (χ3n) is 4.75. The van der Waals surface area contributed by atoms with Crippen LogP contribution in [0.5, 0.6) is 0 Å². The number of rotatable bonds is 5. The summed E-state index contributed by atoms with van der Waals surface area (Å²) < 4.78 is 4.89. The predicted octanol–water partition coefficient (Wildman–Crippen LogP) is 4.91. The molecule has 4 rings (SSSR count). The molecule has 0 fully saturated rings. The second-order valence-corrected chi connectivity index (χ2v) is 7.70. The summed E-state index contributed by atoms with van der Waals surface area (Å²) in [5.74, 6) is 0.977. The zero-order chi connectivity index (χ0) is 17.9. The van der Waals surface area contributed by atoms with Gasteiger partial charge in [0.2, 0.25) is 0 Å². The fraction of sp³-hybridized carbons (Fsp3) is 0.300. The number of thiophene rings is 1. The molecule has 0 amide bonds. The van der Waals surface area contributed by atoms with Gasteiger partial charge >= 0.3 is 0 Å². The van der Waals surface area contributed by atoms with Gasteiger partial charge < -0.3 is 0 Å². The van der Waals surface area contributed by atoms with Crippen molar-refractivity contribution in [3.63, 3.8) is 0 Å². The second kappa shape index (κ2) is 7.70. The van der Waals surface area contributed by atoms with Gasteiger partial charge in [-0.2, -0.15) is 0 Å². The van der Waals surface area contributed by atoms with Gasteiger partial charge in [0.15, 0.2) is 10.6 Å². The summed E-state index contributed by atoms with van der Waals surface area (Å²) in [6.07, 6.45) is 3.39. The van der Waals surface area contributed by atoms with Crippen molar-refractivity contribution in [2.24, 2.45) is 0 Å². The van der Waals surface area contributed by atoms with Crippen LogP contribution in [0.3, 0.4) is 0 Å². The van der Waals surface area contributed by atoms with Crippen LogP contribution in [0.1, 0.15) is 18.9 Å². The minimum absolute atomic E-state index is 0.739. The van der Waals surface area contributed by atoms with Crippen molar-refractivity contribution < 1.29 is 0 Å². The molecule has 0 aliphatic carbocycles. The van der Waals surface area contributed by atoms with E-state index in [4.69, 9.17) is 17.3 Å². The summed E-state index contributed by atoms with van der Waals surface area (Å²) in [4.78, 5) is 3.56. The summed E-state index contributed by atoms with van der Waals surface area (Å²) >= 11 is 7.39.